The number of anilines is 2. The molecule has 1 aromatic carbocycles. The first-order chi connectivity index (χ1) is 10.6. The lowest BCUT2D eigenvalue weighted by molar-refractivity contribution is -0.116. The van der Waals surface area contributed by atoms with Crippen LogP contribution in [0.5, 0.6) is 0 Å². The van der Waals surface area contributed by atoms with E-state index in [0.29, 0.717) is 12.2 Å². The molecule has 0 aliphatic carbocycles. The van der Waals surface area contributed by atoms with E-state index in [4.69, 9.17) is 4.74 Å². The molecule has 1 unspecified atom stereocenters. The normalized spacial score (nSPS) is 17.3. The summed E-state index contributed by atoms with van der Waals surface area (Å²) in [5.74, 6) is -0.124. The van der Waals surface area contributed by atoms with Gasteiger partial charge in [0.2, 0.25) is 11.8 Å². The predicted molar refractivity (Wildman–Crippen MR) is 86.0 cm³/mol. The highest BCUT2D eigenvalue weighted by Crippen LogP contribution is 2.16. The van der Waals surface area contributed by atoms with Crippen LogP contribution in [0.15, 0.2) is 24.3 Å². The summed E-state index contributed by atoms with van der Waals surface area (Å²) in [7, 11) is 1.71. The highest BCUT2D eigenvalue weighted by molar-refractivity contribution is 5.93. The van der Waals surface area contributed by atoms with Crippen molar-refractivity contribution in [1.82, 2.24) is 5.32 Å². The Labute approximate surface area is 130 Å². The van der Waals surface area contributed by atoms with Gasteiger partial charge in [-0.2, -0.15) is 0 Å². The fourth-order valence-corrected chi connectivity index (χ4v) is 2.31. The lowest BCUT2D eigenvalue weighted by atomic mass is 10.2. The van der Waals surface area contributed by atoms with E-state index < -0.39 is 0 Å². The van der Waals surface area contributed by atoms with Crippen molar-refractivity contribution >= 4 is 23.2 Å². The van der Waals surface area contributed by atoms with E-state index in [2.05, 4.69) is 10.6 Å². The Balaban J connectivity index is 1.75. The summed E-state index contributed by atoms with van der Waals surface area (Å²) in [5, 5.41) is 5.92. The summed E-state index contributed by atoms with van der Waals surface area (Å²) < 4.78 is 5.48. The minimum Gasteiger partial charge on any atom is -0.377 e. The lowest BCUT2D eigenvalue weighted by Gasteiger charge is -2.15. The second-order valence-electron chi connectivity index (χ2n) is 5.44. The van der Waals surface area contributed by atoms with E-state index in [1.807, 2.05) is 0 Å². The molecule has 1 aliphatic heterocycles. The molecule has 0 aromatic heterocycles. The van der Waals surface area contributed by atoms with Gasteiger partial charge in [0.15, 0.2) is 0 Å². The Morgan fingerprint density at radius 1 is 1.32 bits per heavy atom. The second-order valence-corrected chi connectivity index (χ2v) is 5.44. The summed E-state index contributed by atoms with van der Waals surface area (Å²) >= 11 is 0. The van der Waals surface area contributed by atoms with E-state index >= 15 is 0 Å². The number of hydrogen-bond donors (Lipinski definition) is 2. The summed E-state index contributed by atoms with van der Waals surface area (Å²) in [6, 6.07) is 7.17. The first kappa shape index (κ1) is 16.5. The number of amides is 2. The number of rotatable bonds is 6. The van der Waals surface area contributed by atoms with Gasteiger partial charge in [0.05, 0.1) is 12.6 Å². The largest absolute Gasteiger partial charge is 0.377 e. The fourth-order valence-electron chi connectivity index (χ4n) is 2.31. The van der Waals surface area contributed by atoms with Crippen LogP contribution >= 0.6 is 0 Å². The van der Waals surface area contributed by atoms with Crippen LogP contribution in [0.2, 0.25) is 0 Å². The quantitative estimate of drug-likeness (QED) is 0.833. The van der Waals surface area contributed by atoms with Crippen molar-refractivity contribution in [2.24, 2.45) is 0 Å². The predicted octanol–water partition coefficient (Wildman–Crippen LogP) is 1.38. The fraction of sp³-hybridized carbons (Fsp3) is 0.500. The third-order valence-electron chi connectivity index (χ3n) is 3.69. The van der Waals surface area contributed by atoms with E-state index in [0.717, 1.165) is 25.1 Å². The third-order valence-corrected chi connectivity index (χ3v) is 3.69. The molecule has 1 aliphatic rings. The Bertz CT molecular complexity index is 510. The van der Waals surface area contributed by atoms with Crippen molar-refractivity contribution in [3.63, 3.8) is 0 Å². The molecule has 22 heavy (non-hydrogen) atoms. The number of hydrogen-bond acceptors (Lipinski definition) is 4. The second kappa shape index (κ2) is 7.91. The summed E-state index contributed by atoms with van der Waals surface area (Å²) in [6.07, 6.45) is 2.38. The zero-order valence-corrected chi connectivity index (χ0v) is 13.1. The number of carbonyl (C=O) groups excluding carboxylic acids is 2. The maximum Gasteiger partial charge on any atom is 0.238 e. The summed E-state index contributed by atoms with van der Waals surface area (Å²) in [6.45, 7) is 3.29. The molecule has 6 heteroatoms. The SMILES string of the molecule is CC(=O)N(C)c1ccc(NC(=O)CNCC2CCCO2)cc1. The van der Waals surface area contributed by atoms with Crippen LogP contribution in [0.3, 0.4) is 0 Å². The molecule has 2 rings (SSSR count). The number of carbonyl (C=O) groups is 2. The van der Waals surface area contributed by atoms with Gasteiger partial charge < -0.3 is 20.3 Å². The van der Waals surface area contributed by atoms with Gasteiger partial charge in [0.25, 0.3) is 0 Å². The molecule has 6 nitrogen and oxygen atoms in total. The van der Waals surface area contributed by atoms with Crippen LogP contribution in [-0.2, 0) is 14.3 Å². The van der Waals surface area contributed by atoms with Gasteiger partial charge in [0, 0.05) is 38.5 Å². The van der Waals surface area contributed by atoms with Crippen LogP contribution in [-0.4, -0.2) is 44.7 Å². The van der Waals surface area contributed by atoms with Crippen molar-refractivity contribution in [2.75, 3.05) is 37.0 Å². The zero-order valence-electron chi connectivity index (χ0n) is 13.1. The molecule has 1 saturated heterocycles. The number of benzene rings is 1. The average Bonchev–Trinajstić information content (AvgIpc) is 3.00. The van der Waals surface area contributed by atoms with Crippen LogP contribution in [0.1, 0.15) is 19.8 Å². The van der Waals surface area contributed by atoms with Gasteiger partial charge >= 0.3 is 0 Å². The lowest BCUT2D eigenvalue weighted by Crippen LogP contribution is -2.33. The van der Waals surface area contributed by atoms with Crippen molar-refractivity contribution in [3.05, 3.63) is 24.3 Å². The van der Waals surface area contributed by atoms with Gasteiger partial charge in [-0.15, -0.1) is 0 Å². The van der Waals surface area contributed by atoms with Crippen molar-refractivity contribution in [3.8, 4) is 0 Å². The van der Waals surface area contributed by atoms with Crippen LogP contribution in [0.25, 0.3) is 0 Å². The molecule has 0 bridgehead atoms. The number of ether oxygens (including phenoxy) is 1. The molecule has 2 amide bonds. The molecule has 0 spiro atoms. The van der Waals surface area contributed by atoms with E-state index in [9.17, 15) is 9.59 Å². The minimum atomic E-state index is -0.0920. The van der Waals surface area contributed by atoms with Crippen LogP contribution in [0.4, 0.5) is 11.4 Å². The number of nitrogens with one attached hydrogen (secondary N) is 2. The van der Waals surface area contributed by atoms with Gasteiger partial charge in [0.1, 0.15) is 0 Å². The smallest absolute Gasteiger partial charge is 0.238 e. The highest BCUT2D eigenvalue weighted by atomic mass is 16.5. The number of nitrogens with zero attached hydrogens (tertiary/aromatic N) is 1. The van der Waals surface area contributed by atoms with Gasteiger partial charge in [-0.25, -0.2) is 0 Å². The molecule has 1 fully saturated rings. The van der Waals surface area contributed by atoms with Crippen molar-refractivity contribution in [1.29, 1.82) is 0 Å². The monoisotopic (exact) mass is 305 g/mol. The molecule has 120 valence electrons. The van der Waals surface area contributed by atoms with Crippen molar-refractivity contribution in [2.45, 2.75) is 25.9 Å². The van der Waals surface area contributed by atoms with Crippen molar-refractivity contribution < 1.29 is 14.3 Å². The first-order valence-corrected chi connectivity index (χ1v) is 7.53. The summed E-state index contributed by atoms with van der Waals surface area (Å²) in [4.78, 5) is 24.7. The topological polar surface area (TPSA) is 70.7 Å². The molecule has 2 N–H and O–H groups in total. The Morgan fingerprint density at radius 2 is 2.05 bits per heavy atom. The van der Waals surface area contributed by atoms with Gasteiger partial charge in [-0.1, -0.05) is 0 Å². The summed E-state index contributed by atoms with van der Waals surface area (Å²) in [5.41, 5.74) is 1.51. The third kappa shape index (κ3) is 4.82. The molecular weight excluding hydrogens is 282 g/mol. The molecule has 0 saturated carbocycles. The Hall–Kier alpha value is -1.92. The van der Waals surface area contributed by atoms with E-state index in [1.165, 1.54) is 6.92 Å². The molecule has 1 heterocycles. The standard InChI is InChI=1S/C16H23N3O3/c1-12(20)19(2)14-7-5-13(6-8-14)18-16(21)11-17-10-15-4-3-9-22-15/h5-8,15,17H,3-4,9-11H2,1-2H3,(H,18,21). The molecular formula is C16H23N3O3. The van der Waals surface area contributed by atoms with Gasteiger partial charge in [-0.05, 0) is 37.1 Å². The van der Waals surface area contributed by atoms with Gasteiger partial charge in [-0.3, -0.25) is 9.59 Å². The maximum atomic E-state index is 11.8. The highest BCUT2D eigenvalue weighted by Gasteiger charge is 2.15. The van der Waals surface area contributed by atoms with Crippen LogP contribution < -0.4 is 15.5 Å². The zero-order chi connectivity index (χ0) is 15.9. The van der Waals surface area contributed by atoms with E-state index in [-0.39, 0.29) is 24.5 Å². The van der Waals surface area contributed by atoms with E-state index in [1.54, 1.807) is 36.2 Å². The maximum absolute atomic E-state index is 11.8. The Kier molecular flexibility index (Phi) is 5.91. The Morgan fingerprint density at radius 3 is 2.64 bits per heavy atom. The minimum absolute atomic E-state index is 0.0323. The molecule has 1 atom stereocenters. The first-order valence-electron chi connectivity index (χ1n) is 7.53. The molecule has 0 radical (unpaired) electrons. The molecule has 1 aromatic rings. The van der Waals surface area contributed by atoms with Crippen LogP contribution in [0, 0.1) is 0 Å². The average molecular weight is 305 g/mol.